The topological polar surface area (TPSA) is 12.2 Å². The molecule has 2 atom stereocenters. The number of hydrogen-bond acceptors (Lipinski definition) is 1. The smallest absolute Gasteiger partial charge is 0.173 e. The van der Waals surface area contributed by atoms with Crippen LogP contribution in [0.5, 0.6) is 0 Å². The maximum Gasteiger partial charge on any atom is 0.173 e. The number of rotatable bonds is 7. The summed E-state index contributed by atoms with van der Waals surface area (Å²) in [6.45, 7) is 10.5. The van der Waals surface area contributed by atoms with E-state index in [4.69, 9.17) is 4.74 Å². The van der Waals surface area contributed by atoms with Crippen molar-refractivity contribution in [3.05, 3.63) is 25.3 Å². The van der Waals surface area contributed by atoms with Crippen molar-refractivity contribution in [2.45, 2.75) is 19.4 Å². The Morgan fingerprint density at radius 1 is 1.43 bits per heavy atom. The molecule has 0 fully saturated rings. The first kappa shape index (κ1) is 13.1. The van der Waals surface area contributed by atoms with Gasteiger partial charge in [-0.05, 0) is 18.6 Å². The van der Waals surface area contributed by atoms with Gasteiger partial charge in [0.25, 0.3) is 0 Å². The van der Waals surface area contributed by atoms with Crippen molar-refractivity contribution < 1.29 is 9.31 Å². The molecule has 2 nitrogen and oxygen atoms in total. The Hall–Kier alpha value is -0.890. The molecule has 0 rings (SSSR count). The van der Waals surface area contributed by atoms with Crippen molar-refractivity contribution in [1.82, 2.24) is 0 Å². The SMILES string of the molecule is C=C/C=[N+](\C)C(C=C)C(C)CCOC. The highest BCUT2D eigenvalue weighted by Gasteiger charge is 2.20. The molecule has 0 N–H and O–H groups in total. The summed E-state index contributed by atoms with van der Waals surface area (Å²) in [7, 11) is 3.77. The average molecular weight is 196 g/mol. The molecular weight excluding hydrogens is 174 g/mol. The largest absolute Gasteiger partial charge is 0.385 e. The molecule has 80 valence electrons. The standard InChI is InChI=1S/C12H22NO/c1-6-9-13(4)12(7-2)11(3)8-10-14-5/h6-7,9,11-12H,1-2,8,10H2,3-5H3/q+1/b13-9+. The van der Waals surface area contributed by atoms with Crippen molar-refractivity contribution >= 4 is 6.21 Å². The first-order chi connectivity index (χ1) is 6.67. The first-order valence-corrected chi connectivity index (χ1v) is 4.96. The fraction of sp³-hybridized carbons (Fsp3) is 0.583. The summed E-state index contributed by atoms with van der Waals surface area (Å²) in [5, 5.41) is 0. The summed E-state index contributed by atoms with van der Waals surface area (Å²) in [5.41, 5.74) is 0. The predicted octanol–water partition coefficient (Wildman–Crippen LogP) is 2.11. The van der Waals surface area contributed by atoms with Gasteiger partial charge in [0.2, 0.25) is 0 Å². The summed E-state index contributed by atoms with van der Waals surface area (Å²) in [6, 6.07) is 0.350. The summed E-state index contributed by atoms with van der Waals surface area (Å²) in [5.74, 6) is 0.536. The van der Waals surface area contributed by atoms with E-state index in [1.54, 1.807) is 13.2 Å². The van der Waals surface area contributed by atoms with Crippen LogP contribution < -0.4 is 0 Å². The molecule has 0 bridgehead atoms. The maximum absolute atomic E-state index is 5.06. The molecule has 14 heavy (non-hydrogen) atoms. The molecule has 0 radical (unpaired) electrons. The number of methoxy groups -OCH3 is 1. The fourth-order valence-electron chi connectivity index (χ4n) is 1.54. The lowest BCUT2D eigenvalue weighted by Crippen LogP contribution is -2.29. The Kier molecular flexibility index (Phi) is 7.03. The number of nitrogens with zero attached hydrogens (tertiary/aromatic N) is 1. The van der Waals surface area contributed by atoms with Crippen LogP contribution in [0.1, 0.15) is 13.3 Å². The van der Waals surface area contributed by atoms with Crippen molar-refractivity contribution in [2.24, 2.45) is 5.92 Å². The third-order valence-electron chi connectivity index (χ3n) is 2.41. The summed E-state index contributed by atoms with van der Waals surface area (Å²) in [4.78, 5) is 0. The molecule has 0 spiro atoms. The van der Waals surface area contributed by atoms with Crippen LogP contribution in [0.25, 0.3) is 0 Å². The van der Waals surface area contributed by atoms with E-state index >= 15 is 0 Å². The predicted molar refractivity (Wildman–Crippen MR) is 62.1 cm³/mol. The second-order valence-electron chi connectivity index (χ2n) is 3.54. The Morgan fingerprint density at radius 2 is 2.07 bits per heavy atom. The van der Waals surface area contributed by atoms with Gasteiger partial charge in [-0.2, -0.15) is 0 Å². The van der Waals surface area contributed by atoms with Gasteiger partial charge in [-0.3, -0.25) is 0 Å². The van der Waals surface area contributed by atoms with E-state index in [2.05, 4.69) is 24.7 Å². The van der Waals surface area contributed by atoms with E-state index in [1.807, 2.05) is 19.3 Å². The second kappa shape index (κ2) is 7.51. The van der Waals surface area contributed by atoms with Gasteiger partial charge in [0, 0.05) is 19.6 Å². The number of hydrogen-bond donors (Lipinski definition) is 0. The van der Waals surface area contributed by atoms with Gasteiger partial charge in [0.15, 0.2) is 12.3 Å². The summed E-state index contributed by atoms with van der Waals surface area (Å²) >= 11 is 0. The average Bonchev–Trinajstić information content (AvgIpc) is 2.16. The summed E-state index contributed by atoms with van der Waals surface area (Å²) in [6.07, 6.45) is 6.78. The second-order valence-corrected chi connectivity index (χ2v) is 3.54. The van der Waals surface area contributed by atoms with E-state index in [0.29, 0.717) is 12.0 Å². The van der Waals surface area contributed by atoms with Gasteiger partial charge in [-0.1, -0.05) is 20.1 Å². The lowest BCUT2D eigenvalue weighted by molar-refractivity contribution is -0.529. The third kappa shape index (κ3) is 4.38. The third-order valence-corrected chi connectivity index (χ3v) is 2.41. The van der Waals surface area contributed by atoms with Crippen LogP contribution in [0.4, 0.5) is 0 Å². The highest BCUT2D eigenvalue weighted by atomic mass is 16.5. The Balaban J connectivity index is 4.31. The minimum Gasteiger partial charge on any atom is -0.385 e. The normalized spacial score (nSPS) is 16.1. The Labute approximate surface area is 87.6 Å². The van der Waals surface area contributed by atoms with E-state index < -0.39 is 0 Å². The molecule has 0 saturated heterocycles. The molecule has 2 unspecified atom stereocenters. The highest BCUT2D eigenvalue weighted by molar-refractivity contribution is 5.65. The monoisotopic (exact) mass is 196 g/mol. The van der Waals surface area contributed by atoms with Crippen LogP contribution in [0.3, 0.4) is 0 Å². The van der Waals surface area contributed by atoms with Crippen molar-refractivity contribution in [2.75, 3.05) is 20.8 Å². The number of ether oxygens (including phenoxy) is 1. The van der Waals surface area contributed by atoms with Gasteiger partial charge in [-0.25, -0.2) is 4.58 Å². The van der Waals surface area contributed by atoms with Crippen LogP contribution in [0.15, 0.2) is 25.3 Å². The van der Waals surface area contributed by atoms with Gasteiger partial charge in [-0.15, -0.1) is 0 Å². The highest BCUT2D eigenvalue weighted by Crippen LogP contribution is 2.11. The molecule has 0 aromatic heterocycles. The molecular formula is C12H22NO+. The number of allylic oxidation sites excluding steroid dienone is 1. The van der Waals surface area contributed by atoms with Crippen LogP contribution >= 0.6 is 0 Å². The molecule has 0 amide bonds. The molecule has 2 heteroatoms. The van der Waals surface area contributed by atoms with Crippen LogP contribution in [-0.2, 0) is 4.74 Å². The van der Waals surface area contributed by atoms with E-state index in [0.717, 1.165) is 13.0 Å². The van der Waals surface area contributed by atoms with Crippen LogP contribution in [0.2, 0.25) is 0 Å². The minimum atomic E-state index is 0.350. The zero-order chi connectivity index (χ0) is 11.0. The number of likely N-dealkylation sites (N-methyl/N-ethyl adjacent to an activating group) is 1. The Bertz CT molecular complexity index is 208. The van der Waals surface area contributed by atoms with Gasteiger partial charge in [0.05, 0.1) is 0 Å². The first-order valence-electron chi connectivity index (χ1n) is 4.96. The Morgan fingerprint density at radius 3 is 2.50 bits per heavy atom. The van der Waals surface area contributed by atoms with Crippen molar-refractivity contribution in [3.8, 4) is 0 Å². The quantitative estimate of drug-likeness (QED) is 0.345. The van der Waals surface area contributed by atoms with Crippen LogP contribution in [0, 0.1) is 5.92 Å². The minimum absolute atomic E-state index is 0.350. The van der Waals surface area contributed by atoms with Crippen LogP contribution in [-0.4, -0.2) is 37.6 Å². The molecule has 0 aromatic carbocycles. The molecule has 0 aliphatic heterocycles. The van der Waals surface area contributed by atoms with Gasteiger partial charge in [0.1, 0.15) is 7.05 Å². The van der Waals surface area contributed by atoms with E-state index in [9.17, 15) is 0 Å². The van der Waals surface area contributed by atoms with Crippen molar-refractivity contribution in [3.63, 3.8) is 0 Å². The van der Waals surface area contributed by atoms with E-state index in [1.165, 1.54) is 0 Å². The maximum atomic E-state index is 5.06. The summed E-state index contributed by atoms with van der Waals surface area (Å²) < 4.78 is 7.19. The zero-order valence-electron chi connectivity index (χ0n) is 9.57. The molecule has 0 aliphatic rings. The van der Waals surface area contributed by atoms with Crippen molar-refractivity contribution in [1.29, 1.82) is 0 Å². The molecule has 0 aromatic rings. The van der Waals surface area contributed by atoms with E-state index in [-0.39, 0.29) is 0 Å². The zero-order valence-corrected chi connectivity index (χ0v) is 9.57. The lowest BCUT2D eigenvalue weighted by atomic mass is 9.98. The molecule has 0 saturated carbocycles. The van der Waals surface area contributed by atoms with Gasteiger partial charge >= 0.3 is 0 Å². The van der Waals surface area contributed by atoms with Gasteiger partial charge < -0.3 is 4.74 Å². The lowest BCUT2D eigenvalue weighted by Gasteiger charge is -2.16. The molecule has 0 aliphatic carbocycles. The molecule has 0 heterocycles. The fourth-order valence-corrected chi connectivity index (χ4v) is 1.54.